The van der Waals surface area contributed by atoms with Crippen molar-refractivity contribution in [2.24, 2.45) is 0 Å². The average Bonchev–Trinajstić information content (AvgIpc) is 2.87. The van der Waals surface area contributed by atoms with E-state index in [4.69, 9.17) is 18.9 Å². The molecule has 7 nitrogen and oxygen atoms in total. The van der Waals surface area contributed by atoms with E-state index in [0.29, 0.717) is 17.2 Å². The van der Waals surface area contributed by atoms with Crippen molar-refractivity contribution in [1.29, 1.82) is 0 Å². The number of fused-ring (bicyclic) bond motifs is 1. The number of benzene rings is 1. The van der Waals surface area contributed by atoms with Crippen LogP contribution in [0.5, 0.6) is 11.5 Å². The summed E-state index contributed by atoms with van der Waals surface area (Å²) >= 11 is 0. The number of amides is 2. The van der Waals surface area contributed by atoms with Crippen LogP contribution < -0.4 is 20.1 Å². The highest BCUT2D eigenvalue weighted by Gasteiger charge is 2.14. The molecule has 1 aromatic rings. The maximum absolute atomic E-state index is 11.6. The summed E-state index contributed by atoms with van der Waals surface area (Å²) in [5.41, 5.74) is 0.619. The van der Waals surface area contributed by atoms with Gasteiger partial charge >= 0.3 is 6.03 Å². The van der Waals surface area contributed by atoms with Gasteiger partial charge in [0.25, 0.3) is 0 Å². The van der Waals surface area contributed by atoms with E-state index in [1.807, 2.05) is 0 Å². The molecule has 2 amide bonds. The number of urea groups is 1. The smallest absolute Gasteiger partial charge is 0.319 e. The predicted octanol–water partition coefficient (Wildman–Crippen LogP) is 1.16. The van der Waals surface area contributed by atoms with Gasteiger partial charge in [0.15, 0.2) is 17.8 Å². The third-order valence-corrected chi connectivity index (χ3v) is 2.59. The third kappa shape index (κ3) is 3.49. The fraction of sp³-hybridized carbons (Fsp3) is 0.417. The minimum absolute atomic E-state index is 0.203. The predicted molar refractivity (Wildman–Crippen MR) is 67.4 cm³/mol. The zero-order chi connectivity index (χ0) is 13.7. The molecule has 0 aromatic heterocycles. The number of ether oxygens (including phenoxy) is 4. The van der Waals surface area contributed by atoms with Gasteiger partial charge < -0.3 is 29.6 Å². The van der Waals surface area contributed by atoms with Crippen LogP contribution in [0.15, 0.2) is 18.2 Å². The van der Waals surface area contributed by atoms with Crippen molar-refractivity contribution in [3.8, 4) is 11.5 Å². The molecule has 7 heteroatoms. The lowest BCUT2D eigenvalue weighted by Gasteiger charge is -2.14. The molecule has 0 saturated heterocycles. The van der Waals surface area contributed by atoms with Crippen LogP contribution in [0, 0.1) is 0 Å². The van der Waals surface area contributed by atoms with E-state index in [9.17, 15) is 4.79 Å². The third-order valence-electron chi connectivity index (χ3n) is 2.59. The van der Waals surface area contributed by atoms with Crippen LogP contribution in [-0.2, 0) is 9.47 Å². The van der Waals surface area contributed by atoms with Gasteiger partial charge in [0, 0.05) is 26.0 Å². The fourth-order valence-corrected chi connectivity index (χ4v) is 1.59. The number of hydrogen-bond acceptors (Lipinski definition) is 5. The van der Waals surface area contributed by atoms with Gasteiger partial charge in [-0.25, -0.2) is 4.79 Å². The molecule has 0 atom stereocenters. The zero-order valence-corrected chi connectivity index (χ0v) is 10.8. The van der Waals surface area contributed by atoms with Crippen LogP contribution in [0.2, 0.25) is 0 Å². The zero-order valence-electron chi connectivity index (χ0n) is 10.8. The number of carbonyl (C=O) groups is 1. The molecule has 0 unspecified atom stereocenters. The van der Waals surface area contributed by atoms with Gasteiger partial charge in [-0.1, -0.05) is 0 Å². The van der Waals surface area contributed by atoms with Crippen molar-refractivity contribution in [2.75, 3.05) is 32.9 Å². The van der Waals surface area contributed by atoms with Crippen molar-refractivity contribution in [3.63, 3.8) is 0 Å². The lowest BCUT2D eigenvalue weighted by atomic mass is 10.3. The Balaban J connectivity index is 1.85. The number of methoxy groups -OCH3 is 2. The first kappa shape index (κ1) is 13.4. The van der Waals surface area contributed by atoms with E-state index in [2.05, 4.69) is 10.6 Å². The highest BCUT2D eigenvalue weighted by atomic mass is 16.7. The van der Waals surface area contributed by atoms with Gasteiger partial charge in [-0.3, -0.25) is 0 Å². The van der Waals surface area contributed by atoms with E-state index in [-0.39, 0.29) is 19.4 Å². The molecule has 2 N–H and O–H groups in total. The topological polar surface area (TPSA) is 78.1 Å². The molecule has 0 radical (unpaired) electrons. The maximum atomic E-state index is 11.6. The average molecular weight is 268 g/mol. The van der Waals surface area contributed by atoms with E-state index < -0.39 is 6.29 Å². The molecule has 104 valence electrons. The molecule has 1 aliphatic heterocycles. The molecule has 0 spiro atoms. The number of anilines is 1. The normalized spacial score (nSPS) is 12.6. The van der Waals surface area contributed by atoms with Gasteiger partial charge in [0.2, 0.25) is 6.79 Å². The summed E-state index contributed by atoms with van der Waals surface area (Å²) in [4.78, 5) is 11.6. The highest BCUT2D eigenvalue weighted by Crippen LogP contribution is 2.34. The molecule has 1 heterocycles. The molecule has 0 aliphatic carbocycles. The Morgan fingerprint density at radius 2 is 2.05 bits per heavy atom. The van der Waals surface area contributed by atoms with Crippen molar-refractivity contribution >= 4 is 11.7 Å². The van der Waals surface area contributed by atoms with Gasteiger partial charge in [-0.05, 0) is 12.1 Å². The summed E-state index contributed by atoms with van der Waals surface area (Å²) < 4.78 is 20.3. The Kier molecular flexibility index (Phi) is 4.43. The minimum atomic E-state index is -0.470. The molecule has 0 saturated carbocycles. The Bertz CT molecular complexity index is 448. The second-order valence-corrected chi connectivity index (χ2v) is 3.80. The van der Waals surface area contributed by atoms with Crippen molar-refractivity contribution in [3.05, 3.63) is 18.2 Å². The first-order valence-electron chi connectivity index (χ1n) is 5.73. The van der Waals surface area contributed by atoms with Crippen LogP contribution in [0.25, 0.3) is 0 Å². The lowest BCUT2D eigenvalue weighted by molar-refractivity contribution is -0.0970. The Morgan fingerprint density at radius 3 is 2.79 bits per heavy atom. The fourth-order valence-electron chi connectivity index (χ4n) is 1.59. The summed E-state index contributed by atoms with van der Waals surface area (Å²) in [6, 6.07) is 4.83. The molecule has 0 fully saturated rings. The number of hydrogen-bond donors (Lipinski definition) is 2. The molecule has 1 aromatic carbocycles. The van der Waals surface area contributed by atoms with E-state index in [1.54, 1.807) is 18.2 Å². The Hall–Kier alpha value is -1.99. The van der Waals surface area contributed by atoms with Gasteiger partial charge in [-0.2, -0.15) is 0 Å². The van der Waals surface area contributed by atoms with Crippen molar-refractivity contribution in [2.45, 2.75) is 6.29 Å². The van der Waals surface area contributed by atoms with E-state index in [1.165, 1.54) is 14.2 Å². The molecular formula is C12H16N2O5. The Morgan fingerprint density at radius 1 is 1.32 bits per heavy atom. The quantitative estimate of drug-likeness (QED) is 0.783. The highest BCUT2D eigenvalue weighted by molar-refractivity contribution is 5.89. The summed E-state index contributed by atoms with van der Waals surface area (Å²) in [5.74, 6) is 1.29. The summed E-state index contributed by atoms with van der Waals surface area (Å²) in [7, 11) is 3.01. The Labute approximate surface area is 110 Å². The van der Waals surface area contributed by atoms with Crippen LogP contribution in [0.4, 0.5) is 10.5 Å². The van der Waals surface area contributed by atoms with Crippen LogP contribution in [-0.4, -0.2) is 39.9 Å². The van der Waals surface area contributed by atoms with Gasteiger partial charge in [0.05, 0.1) is 6.54 Å². The SMILES string of the molecule is COC(CNC(=O)Nc1ccc2c(c1)OCO2)OC. The summed E-state index contributed by atoms with van der Waals surface area (Å²) in [6.45, 7) is 0.456. The summed E-state index contributed by atoms with van der Waals surface area (Å²) in [6.07, 6.45) is -0.470. The van der Waals surface area contributed by atoms with Crippen molar-refractivity contribution in [1.82, 2.24) is 5.32 Å². The van der Waals surface area contributed by atoms with Crippen LogP contribution in [0.3, 0.4) is 0 Å². The first-order valence-corrected chi connectivity index (χ1v) is 5.73. The standard InChI is InChI=1S/C12H16N2O5/c1-16-11(17-2)6-13-12(15)14-8-3-4-9-10(5-8)19-7-18-9/h3-5,11H,6-7H2,1-2H3,(H2,13,14,15). The molecule has 1 aliphatic rings. The maximum Gasteiger partial charge on any atom is 0.319 e. The lowest BCUT2D eigenvalue weighted by Crippen LogP contribution is -2.36. The molecular weight excluding hydrogens is 252 g/mol. The van der Waals surface area contributed by atoms with Crippen LogP contribution >= 0.6 is 0 Å². The number of rotatable bonds is 5. The monoisotopic (exact) mass is 268 g/mol. The van der Waals surface area contributed by atoms with Gasteiger partial charge in [-0.15, -0.1) is 0 Å². The van der Waals surface area contributed by atoms with Crippen LogP contribution in [0.1, 0.15) is 0 Å². The largest absolute Gasteiger partial charge is 0.454 e. The summed E-state index contributed by atoms with van der Waals surface area (Å²) in [5, 5.41) is 5.31. The van der Waals surface area contributed by atoms with E-state index in [0.717, 1.165) is 0 Å². The van der Waals surface area contributed by atoms with Crippen molar-refractivity contribution < 1.29 is 23.7 Å². The second kappa shape index (κ2) is 6.26. The molecule has 19 heavy (non-hydrogen) atoms. The number of carbonyl (C=O) groups excluding carboxylic acids is 1. The minimum Gasteiger partial charge on any atom is -0.454 e. The number of nitrogens with one attached hydrogen (secondary N) is 2. The first-order chi connectivity index (χ1) is 9.22. The van der Waals surface area contributed by atoms with E-state index >= 15 is 0 Å². The molecule has 0 bridgehead atoms. The van der Waals surface area contributed by atoms with Gasteiger partial charge in [0.1, 0.15) is 0 Å². The second-order valence-electron chi connectivity index (χ2n) is 3.80. The molecule has 2 rings (SSSR count).